The lowest BCUT2D eigenvalue weighted by Gasteiger charge is -2.15. The molecule has 80 valence electrons. The van der Waals surface area contributed by atoms with E-state index in [2.05, 4.69) is 10.6 Å². The van der Waals surface area contributed by atoms with Gasteiger partial charge in [0.25, 0.3) is 0 Å². The molecule has 14 heavy (non-hydrogen) atoms. The third-order valence-electron chi connectivity index (χ3n) is 2.26. The first-order valence-electron chi connectivity index (χ1n) is 4.84. The highest BCUT2D eigenvalue weighted by Crippen LogP contribution is 2.06. The van der Waals surface area contributed by atoms with Crippen molar-refractivity contribution in [2.24, 2.45) is 0 Å². The molecule has 1 aliphatic heterocycles. The Labute approximate surface area is 82.9 Å². The van der Waals surface area contributed by atoms with Gasteiger partial charge in [-0.3, -0.25) is 9.59 Å². The first kappa shape index (κ1) is 11.0. The van der Waals surface area contributed by atoms with Gasteiger partial charge in [0.05, 0.1) is 0 Å². The summed E-state index contributed by atoms with van der Waals surface area (Å²) in [5.74, 6) is -0.225. The highest BCUT2D eigenvalue weighted by Gasteiger charge is 2.27. The average molecular weight is 200 g/mol. The molecule has 5 nitrogen and oxygen atoms in total. The topological polar surface area (TPSA) is 78.4 Å². The van der Waals surface area contributed by atoms with E-state index in [-0.39, 0.29) is 30.5 Å². The first-order valence-corrected chi connectivity index (χ1v) is 4.84. The summed E-state index contributed by atoms with van der Waals surface area (Å²) in [6.45, 7) is 1.88. The van der Waals surface area contributed by atoms with Crippen LogP contribution in [0.15, 0.2) is 0 Å². The summed E-state index contributed by atoms with van der Waals surface area (Å²) < 4.78 is 0. The molecule has 0 aliphatic carbocycles. The molecule has 0 spiro atoms. The zero-order valence-electron chi connectivity index (χ0n) is 8.25. The molecule has 0 aromatic heterocycles. The van der Waals surface area contributed by atoms with Crippen molar-refractivity contribution < 1.29 is 14.7 Å². The van der Waals surface area contributed by atoms with Gasteiger partial charge in [-0.25, -0.2) is 0 Å². The maximum Gasteiger partial charge on any atom is 0.242 e. The molecule has 3 N–H and O–H groups in total. The molecular formula is C9H16N2O3. The highest BCUT2D eigenvalue weighted by molar-refractivity contribution is 5.90. The van der Waals surface area contributed by atoms with E-state index in [1.807, 2.05) is 6.92 Å². The number of aliphatic hydroxyl groups is 1. The van der Waals surface area contributed by atoms with Crippen LogP contribution in [0.4, 0.5) is 0 Å². The number of hydrogen-bond donors (Lipinski definition) is 3. The molecule has 2 amide bonds. The lowest BCUT2D eigenvalue weighted by molar-refractivity contribution is -0.126. The molecular weight excluding hydrogens is 184 g/mol. The summed E-state index contributed by atoms with van der Waals surface area (Å²) >= 11 is 0. The van der Waals surface area contributed by atoms with Gasteiger partial charge in [-0.1, -0.05) is 0 Å². The molecule has 1 fully saturated rings. The summed E-state index contributed by atoms with van der Waals surface area (Å²) in [4.78, 5) is 22.3. The van der Waals surface area contributed by atoms with Crippen LogP contribution in [0.2, 0.25) is 0 Å². The van der Waals surface area contributed by atoms with Crippen molar-refractivity contribution in [3.63, 3.8) is 0 Å². The van der Waals surface area contributed by atoms with E-state index in [0.29, 0.717) is 19.3 Å². The first-order chi connectivity index (χ1) is 6.63. The molecule has 0 radical (unpaired) electrons. The number of aliphatic hydroxyl groups excluding tert-OH is 1. The Kier molecular flexibility index (Phi) is 3.88. The molecule has 0 saturated carbocycles. The molecule has 0 bridgehead atoms. The van der Waals surface area contributed by atoms with Gasteiger partial charge in [0, 0.05) is 19.1 Å². The molecule has 1 heterocycles. The average Bonchev–Trinajstić information content (AvgIpc) is 2.52. The fourth-order valence-corrected chi connectivity index (χ4v) is 1.42. The van der Waals surface area contributed by atoms with E-state index in [4.69, 9.17) is 5.11 Å². The minimum Gasteiger partial charge on any atom is -0.396 e. The monoisotopic (exact) mass is 200 g/mol. The van der Waals surface area contributed by atoms with Crippen molar-refractivity contribution in [2.45, 2.75) is 38.3 Å². The van der Waals surface area contributed by atoms with Gasteiger partial charge < -0.3 is 15.7 Å². The second-order valence-corrected chi connectivity index (χ2v) is 3.58. The predicted molar refractivity (Wildman–Crippen MR) is 50.5 cm³/mol. The van der Waals surface area contributed by atoms with E-state index in [1.54, 1.807) is 0 Å². The Morgan fingerprint density at radius 2 is 2.50 bits per heavy atom. The van der Waals surface area contributed by atoms with Crippen LogP contribution >= 0.6 is 0 Å². The highest BCUT2D eigenvalue weighted by atomic mass is 16.3. The number of nitrogens with one attached hydrogen (secondary N) is 2. The lowest BCUT2D eigenvalue weighted by atomic mass is 10.2. The Balaban J connectivity index is 2.31. The van der Waals surface area contributed by atoms with Gasteiger partial charge in [-0.2, -0.15) is 0 Å². The van der Waals surface area contributed by atoms with Crippen LogP contribution in [0.3, 0.4) is 0 Å². The summed E-state index contributed by atoms with van der Waals surface area (Å²) in [6, 6.07) is -0.436. The van der Waals surface area contributed by atoms with Crippen molar-refractivity contribution in [1.82, 2.24) is 10.6 Å². The van der Waals surface area contributed by atoms with Gasteiger partial charge in [-0.05, 0) is 19.8 Å². The normalized spacial score (nSPS) is 23.0. The minimum absolute atomic E-state index is 0.0509. The van der Waals surface area contributed by atoms with Crippen LogP contribution in [0.25, 0.3) is 0 Å². The Hall–Kier alpha value is -1.10. The molecule has 1 saturated heterocycles. The minimum atomic E-state index is -0.386. The second kappa shape index (κ2) is 4.95. The van der Waals surface area contributed by atoms with Gasteiger partial charge >= 0.3 is 0 Å². The number of carbonyl (C=O) groups is 2. The number of amides is 2. The van der Waals surface area contributed by atoms with E-state index in [1.165, 1.54) is 0 Å². The van der Waals surface area contributed by atoms with E-state index in [0.717, 1.165) is 0 Å². The molecule has 2 unspecified atom stereocenters. The van der Waals surface area contributed by atoms with E-state index >= 15 is 0 Å². The van der Waals surface area contributed by atoms with Gasteiger partial charge in [0.1, 0.15) is 6.04 Å². The molecule has 5 heteroatoms. The standard InChI is InChI=1S/C9H16N2O3/c1-6(4-5-12)10-9(14)7-2-3-8(13)11-7/h6-7,12H,2-5H2,1H3,(H,10,14)(H,11,13). The molecule has 2 atom stereocenters. The molecule has 1 aliphatic rings. The molecule has 0 aromatic carbocycles. The Morgan fingerprint density at radius 3 is 3.00 bits per heavy atom. The van der Waals surface area contributed by atoms with Gasteiger partial charge in [0.2, 0.25) is 11.8 Å². The summed E-state index contributed by atoms with van der Waals surface area (Å²) in [6.07, 6.45) is 1.52. The second-order valence-electron chi connectivity index (χ2n) is 3.58. The number of rotatable bonds is 4. The smallest absolute Gasteiger partial charge is 0.242 e. The quantitative estimate of drug-likeness (QED) is 0.553. The maximum absolute atomic E-state index is 11.5. The number of carbonyl (C=O) groups excluding carboxylic acids is 2. The lowest BCUT2D eigenvalue weighted by Crippen LogP contribution is -2.45. The van der Waals surface area contributed by atoms with E-state index in [9.17, 15) is 9.59 Å². The predicted octanol–water partition coefficient (Wildman–Crippen LogP) is -0.848. The summed E-state index contributed by atoms with van der Waals surface area (Å²) in [5.41, 5.74) is 0. The SMILES string of the molecule is CC(CCO)NC(=O)C1CCC(=O)N1. The summed E-state index contributed by atoms with van der Waals surface area (Å²) in [5, 5.41) is 14.0. The van der Waals surface area contributed by atoms with Crippen molar-refractivity contribution >= 4 is 11.8 Å². The van der Waals surface area contributed by atoms with Gasteiger partial charge in [-0.15, -0.1) is 0 Å². The maximum atomic E-state index is 11.5. The van der Waals surface area contributed by atoms with Crippen LogP contribution in [0, 0.1) is 0 Å². The third kappa shape index (κ3) is 2.99. The van der Waals surface area contributed by atoms with Crippen molar-refractivity contribution in [2.75, 3.05) is 6.61 Å². The molecule has 1 rings (SSSR count). The zero-order valence-corrected chi connectivity index (χ0v) is 8.25. The van der Waals surface area contributed by atoms with E-state index < -0.39 is 0 Å². The van der Waals surface area contributed by atoms with Crippen LogP contribution in [-0.2, 0) is 9.59 Å². The number of hydrogen-bond acceptors (Lipinski definition) is 3. The van der Waals surface area contributed by atoms with Crippen molar-refractivity contribution in [1.29, 1.82) is 0 Å². The Morgan fingerprint density at radius 1 is 1.79 bits per heavy atom. The fourth-order valence-electron chi connectivity index (χ4n) is 1.42. The van der Waals surface area contributed by atoms with Crippen LogP contribution in [0.5, 0.6) is 0 Å². The summed E-state index contributed by atoms with van der Waals surface area (Å²) in [7, 11) is 0. The largest absolute Gasteiger partial charge is 0.396 e. The third-order valence-corrected chi connectivity index (χ3v) is 2.26. The van der Waals surface area contributed by atoms with Crippen LogP contribution < -0.4 is 10.6 Å². The fraction of sp³-hybridized carbons (Fsp3) is 0.778. The molecule has 0 aromatic rings. The van der Waals surface area contributed by atoms with Gasteiger partial charge in [0.15, 0.2) is 0 Å². The van der Waals surface area contributed by atoms with Crippen LogP contribution in [0.1, 0.15) is 26.2 Å². The van der Waals surface area contributed by atoms with Crippen molar-refractivity contribution in [3.05, 3.63) is 0 Å². The Bertz CT molecular complexity index is 230. The zero-order chi connectivity index (χ0) is 10.6. The van der Waals surface area contributed by atoms with Crippen molar-refractivity contribution in [3.8, 4) is 0 Å². The van der Waals surface area contributed by atoms with Crippen LogP contribution in [-0.4, -0.2) is 35.6 Å².